The van der Waals surface area contributed by atoms with Crippen LogP contribution in [0.4, 0.5) is 10.1 Å². The van der Waals surface area contributed by atoms with Gasteiger partial charge in [0.2, 0.25) is 5.91 Å². The van der Waals surface area contributed by atoms with Crippen LogP contribution in [0.15, 0.2) is 54.6 Å². The molecule has 0 bridgehead atoms. The van der Waals surface area contributed by atoms with Gasteiger partial charge < -0.3 is 16.0 Å². The molecule has 0 saturated carbocycles. The van der Waals surface area contributed by atoms with Crippen molar-refractivity contribution in [2.45, 2.75) is 18.4 Å². The van der Waals surface area contributed by atoms with Crippen molar-refractivity contribution in [3.8, 4) is 0 Å². The van der Waals surface area contributed by atoms with E-state index < -0.39 is 0 Å². The molecular formula is C19H22FN3O. The summed E-state index contributed by atoms with van der Waals surface area (Å²) in [6.07, 6.45) is 0.394. The molecule has 3 N–H and O–H groups in total. The summed E-state index contributed by atoms with van der Waals surface area (Å²) < 4.78 is 12.9. The third-order valence-electron chi connectivity index (χ3n) is 4.45. The number of hydrogen-bond donors (Lipinski definition) is 2. The molecule has 0 radical (unpaired) electrons. The van der Waals surface area contributed by atoms with Gasteiger partial charge in [-0.3, -0.25) is 4.79 Å². The van der Waals surface area contributed by atoms with Gasteiger partial charge in [-0.05, 0) is 29.8 Å². The van der Waals surface area contributed by atoms with Gasteiger partial charge in [-0.2, -0.15) is 0 Å². The highest BCUT2D eigenvalue weighted by molar-refractivity contribution is 5.90. The van der Waals surface area contributed by atoms with Crippen LogP contribution in [0.2, 0.25) is 0 Å². The van der Waals surface area contributed by atoms with Crippen molar-refractivity contribution >= 4 is 11.6 Å². The lowest BCUT2D eigenvalue weighted by Gasteiger charge is -2.16. The molecule has 1 aliphatic heterocycles. The van der Waals surface area contributed by atoms with Crippen LogP contribution in [0.5, 0.6) is 0 Å². The van der Waals surface area contributed by atoms with E-state index in [9.17, 15) is 9.18 Å². The number of nitrogens with two attached hydrogens (primary N) is 1. The van der Waals surface area contributed by atoms with Crippen LogP contribution in [-0.4, -0.2) is 36.5 Å². The number of carbonyl (C=O) groups excluding carboxylic acids is 1. The number of amides is 1. The fourth-order valence-corrected chi connectivity index (χ4v) is 3.17. The minimum Gasteiger partial charge on any atom is -0.326 e. The van der Waals surface area contributed by atoms with E-state index in [1.165, 1.54) is 17.7 Å². The van der Waals surface area contributed by atoms with Crippen molar-refractivity contribution in [3.63, 3.8) is 0 Å². The Morgan fingerprint density at radius 2 is 1.83 bits per heavy atom. The molecule has 0 aliphatic carbocycles. The second-order valence-electron chi connectivity index (χ2n) is 6.25. The summed E-state index contributed by atoms with van der Waals surface area (Å²) in [4.78, 5) is 14.3. The summed E-state index contributed by atoms with van der Waals surface area (Å²) in [5, 5.41) is 2.78. The monoisotopic (exact) mass is 327 g/mol. The highest BCUT2D eigenvalue weighted by atomic mass is 19.1. The summed E-state index contributed by atoms with van der Waals surface area (Å²) in [5.74, 6) is -0.0734. The number of likely N-dealkylation sites (tertiary alicyclic amines) is 1. The van der Waals surface area contributed by atoms with Crippen molar-refractivity contribution in [1.82, 2.24) is 4.90 Å². The van der Waals surface area contributed by atoms with E-state index in [4.69, 9.17) is 5.73 Å². The zero-order valence-electron chi connectivity index (χ0n) is 13.5. The largest absolute Gasteiger partial charge is 0.326 e. The summed E-state index contributed by atoms with van der Waals surface area (Å²) in [6.45, 7) is 2.34. The molecule has 126 valence electrons. The van der Waals surface area contributed by atoms with Crippen molar-refractivity contribution in [1.29, 1.82) is 0 Å². The summed E-state index contributed by atoms with van der Waals surface area (Å²) in [6, 6.07) is 16.1. The second-order valence-corrected chi connectivity index (χ2v) is 6.25. The van der Waals surface area contributed by atoms with Crippen LogP contribution >= 0.6 is 0 Å². The Kier molecular flexibility index (Phi) is 5.23. The number of anilines is 1. The van der Waals surface area contributed by atoms with Gasteiger partial charge in [-0.25, -0.2) is 4.39 Å². The van der Waals surface area contributed by atoms with E-state index in [0.717, 1.165) is 13.1 Å². The number of nitrogens with one attached hydrogen (secondary N) is 1. The van der Waals surface area contributed by atoms with Crippen LogP contribution in [0.1, 0.15) is 17.9 Å². The smallest absolute Gasteiger partial charge is 0.225 e. The number of halogens is 1. The molecule has 1 saturated heterocycles. The van der Waals surface area contributed by atoms with E-state index in [0.29, 0.717) is 24.6 Å². The first kappa shape index (κ1) is 16.6. The highest BCUT2D eigenvalue weighted by Crippen LogP contribution is 2.26. The van der Waals surface area contributed by atoms with Gasteiger partial charge >= 0.3 is 0 Å². The van der Waals surface area contributed by atoms with Crippen LogP contribution in [-0.2, 0) is 4.79 Å². The first-order valence-corrected chi connectivity index (χ1v) is 8.20. The topological polar surface area (TPSA) is 58.4 Å². The van der Waals surface area contributed by atoms with Crippen LogP contribution in [0.25, 0.3) is 0 Å². The first-order chi connectivity index (χ1) is 11.6. The molecule has 2 aromatic rings. The molecule has 3 rings (SSSR count). The zero-order valence-corrected chi connectivity index (χ0v) is 13.5. The number of hydrogen-bond acceptors (Lipinski definition) is 3. The molecule has 1 aliphatic rings. The number of benzene rings is 2. The second kappa shape index (κ2) is 7.55. The zero-order chi connectivity index (χ0) is 16.9. The van der Waals surface area contributed by atoms with Crippen LogP contribution in [0.3, 0.4) is 0 Å². The lowest BCUT2D eigenvalue weighted by molar-refractivity contribution is -0.116. The predicted molar refractivity (Wildman–Crippen MR) is 93.2 cm³/mol. The van der Waals surface area contributed by atoms with Gasteiger partial charge in [0.1, 0.15) is 5.82 Å². The molecule has 1 amide bonds. The summed E-state index contributed by atoms with van der Waals surface area (Å²) in [7, 11) is 0. The van der Waals surface area contributed by atoms with Gasteiger partial charge in [0.15, 0.2) is 0 Å². The molecule has 0 spiro atoms. The average Bonchev–Trinajstić information content (AvgIpc) is 2.97. The normalized spacial score (nSPS) is 20.9. The van der Waals surface area contributed by atoms with Gasteiger partial charge in [0.05, 0.1) is 0 Å². The fraction of sp³-hybridized carbons (Fsp3) is 0.316. The fourth-order valence-electron chi connectivity index (χ4n) is 3.17. The minimum atomic E-state index is -0.314. The minimum absolute atomic E-state index is 0.0710. The molecule has 1 fully saturated rings. The van der Waals surface area contributed by atoms with E-state index in [1.807, 2.05) is 18.2 Å². The number of rotatable bonds is 5. The lowest BCUT2D eigenvalue weighted by Crippen LogP contribution is -2.30. The Hall–Kier alpha value is -2.24. The standard InChI is InChI=1S/C19H22FN3O/c20-15-6-8-16(9-7-15)22-19(24)10-11-23-12-17(18(21)13-23)14-4-2-1-3-5-14/h1-9,17-18H,10-13,21H2,(H,22,24)/t17-,18+/m0/s1. The lowest BCUT2D eigenvalue weighted by atomic mass is 9.95. The maximum absolute atomic E-state index is 12.9. The molecule has 24 heavy (non-hydrogen) atoms. The Balaban J connectivity index is 1.48. The molecule has 2 atom stereocenters. The van der Waals surface area contributed by atoms with Gasteiger partial charge in [0.25, 0.3) is 0 Å². The molecule has 1 heterocycles. The Labute approximate surface area is 141 Å². The van der Waals surface area contributed by atoms with E-state index in [1.54, 1.807) is 12.1 Å². The quantitative estimate of drug-likeness (QED) is 0.887. The third kappa shape index (κ3) is 4.19. The Morgan fingerprint density at radius 1 is 1.12 bits per heavy atom. The van der Waals surface area contributed by atoms with E-state index in [2.05, 4.69) is 22.3 Å². The maximum atomic E-state index is 12.9. The van der Waals surface area contributed by atoms with Crippen molar-refractivity contribution < 1.29 is 9.18 Å². The van der Waals surface area contributed by atoms with Gasteiger partial charge in [0, 0.05) is 43.7 Å². The molecule has 0 aromatic heterocycles. The summed E-state index contributed by atoms with van der Waals surface area (Å²) in [5.41, 5.74) is 8.13. The SMILES string of the molecule is N[C@@H]1CN(CCC(=O)Nc2ccc(F)cc2)C[C@H]1c1ccccc1. The van der Waals surface area contributed by atoms with Gasteiger partial charge in [-0.15, -0.1) is 0 Å². The maximum Gasteiger partial charge on any atom is 0.225 e. The number of nitrogens with zero attached hydrogens (tertiary/aromatic N) is 1. The predicted octanol–water partition coefficient (Wildman–Crippen LogP) is 2.58. The molecule has 2 aromatic carbocycles. The third-order valence-corrected chi connectivity index (χ3v) is 4.45. The van der Waals surface area contributed by atoms with Crippen LogP contribution < -0.4 is 11.1 Å². The van der Waals surface area contributed by atoms with Gasteiger partial charge in [-0.1, -0.05) is 30.3 Å². The molecule has 0 unspecified atom stereocenters. The van der Waals surface area contributed by atoms with Crippen molar-refractivity contribution in [2.75, 3.05) is 25.0 Å². The van der Waals surface area contributed by atoms with Crippen molar-refractivity contribution in [3.05, 3.63) is 66.0 Å². The molecular weight excluding hydrogens is 305 g/mol. The van der Waals surface area contributed by atoms with E-state index in [-0.39, 0.29) is 17.8 Å². The summed E-state index contributed by atoms with van der Waals surface area (Å²) >= 11 is 0. The Morgan fingerprint density at radius 3 is 2.54 bits per heavy atom. The number of carbonyl (C=O) groups is 1. The first-order valence-electron chi connectivity index (χ1n) is 8.20. The van der Waals surface area contributed by atoms with Crippen LogP contribution in [0, 0.1) is 5.82 Å². The van der Waals surface area contributed by atoms with E-state index >= 15 is 0 Å². The van der Waals surface area contributed by atoms with Crippen molar-refractivity contribution in [2.24, 2.45) is 5.73 Å². The Bertz CT molecular complexity index is 675. The molecule has 5 heteroatoms. The highest BCUT2D eigenvalue weighted by Gasteiger charge is 2.30. The molecule has 4 nitrogen and oxygen atoms in total. The average molecular weight is 327 g/mol.